The molecular weight excluding hydrogens is 406 g/mol. The lowest BCUT2D eigenvalue weighted by atomic mass is 9.92. The maximum Gasteiger partial charge on any atom is 0.269 e. The first-order valence-corrected chi connectivity index (χ1v) is 10.7. The second kappa shape index (κ2) is 8.39. The minimum atomic E-state index is -0.523. The Morgan fingerprint density at radius 2 is 1.66 bits per heavy atom. The van der Waals surface area contributed by atoms with Crippen molar-refractivity contribution in [3.05, 3.63) is 66.0 Å². The Kier molecular flexibility index (Phi) is 5.28. The van der Waals surface area contributed by atoms with Crippen LogP contribution in [0.1, 0.15) is 34.8 Å². The van der Waals surface area contributed by atoms with Gasteiger partial charge in [0.05, 0.1) is 7.11 Å². The molecule has 0 bridgehead atoms. The van der Waals surface area contributed by atoms with Gasteiger partial charge in [-0.2, -0.15) is 0 Å². The fourth-order valence-electron chi connectivity index (χ4n) is 4.26. The minimum Gasteiger partial charge on any atom is -0.497 e. The highest BCUT2D eigenvalue weighted by Gasteiger charge is 2.25. The summed E-state index contributed by atoms with van der Waals surface area (Å²) >= 11 is 0. The molecule has 1 saturated heterocycles. The summed E-state index contributed by atoms with van der Waals surface area (Å²) in [5.41, 5.74) is 9.35. The first kappa shape index (κ1) is 20.1. The van der Waals surface area contributed by atoms with Gasteiger partial charge in [0.2, 0.25) is 0 Å². The third-order valence-electron chi connectivity index (χ3n) is 5.92. The highest BCUT2D eigenvalue weighted by Crippen LogP contribution is 2.33. The van der Waals surface area contributed by atoms with Gasteiger partial charge in [0, 0.05) is 17.3 Å². The van der Waals surface area contributed by atoms with Crippen LogP contribution in [0.15, 0.2) is 54.7 Å². The highest BCUT2D eigenvalue weighted by molar-refractivity contribution is 5.98. The van der Waals surface area contributed by atoms with Gasteiger partial charge in [-0.15, -0.1) is 0 Å². The average molecular weight is 431 g/mol. The van der Waals surface area contributed by atoms with E-state index in [0.29, 0.717) is 28.8 Å². The number of nitrogens with two attached hydrogens (primary N) is 1. The molecule has 4 aromatic rings. The van der Waals surface area contributed by atoms with E-state index in [-0.39, 0.29) is 0 Å². The minimum absolute atomic E-state index is 0.351. The Labute approximate surface area is 185 Å². The molecular formula is C24H25N5O3. The number of methoxy groups -OCH3 is 1. The van der Waals surface area contributed by atoms with E-state index in [9.17, 15) is 4.79 Å². The average Bonchev–Trinajstić information content (AvgIpc) is 3.40. The Bertz CT molecular complexity index is 1240. The topological polar surface area (TPSA) is 107 Å². The van der Waals surface area contributed by atoms with Crippen LogP contribution in [0.4, 0.5) is 0 Å². The van der Waals surface area contributed by atoms with Gasteiger partial charge in [-0.05, 0) is 80.4 Å². The third-order valence-corrected chi connectivity index (χ3v) is 5.92. The fraction of sp³-hybridized carbons (Fsp3) is 0.250. The molecule has 1 amide bonds. The number of aromatic amines is 1. The quantitative estimate of drug-likeness (QED) is 0.432. The van der Waals surface area contributed by atoms with E-state index < -0.39 is 5.91 Å². The van der Waals surface area contributed by atoms with Crippen LogP contribution < -0.4 is 20.5 Å². The van der Waals surface area contributed by atoms with Gasteiger partial charge in [0.15, 0.2) is 11.3 Å². The van der Waals surface area contributed by atoms with Crippen molar-refractivity contribution in [2.75, 3.05) is 20.2 Å². The van der Waals surface area contributed by atoms with Gasteiger partial charge >= 0.3 is 0 Å². The van der Waals surface area contributed by atoms with Crippen molar-refractivity contribution in [1.29, 1.82) is 0 Å². The number of hydrogen-bond acceptors (Lipinski definition) is 5. The van der Waals surface area contributed by atoms with Crippen LogP contribution in [0.3, 0.4) is 0 Å². The molecule has 0 aliphatic carbocycles. The van der Waals surface area contributed by atoms with Crippen molar-refractivity contribution in [2.24, 2.45) is 5.73 Å². The zero-order valence-corrected chi connectivity index (χ0v) is 17.8. The summed E-state index contributed by atoms with van der Waals surface area (Å²) in [5.74, 6) is 2.04. The monoisotopic (exact) mass is 431 g/mol. The third kappa shape index (κ3) is 3.69. The van der Waals surface area contributed by atoms with E-state index in [1.54, 1.807) is 11.6 Å². The normalized spacial score (nSPS) is 14.5. The molecule has 8 heteroatoms. The molecule has 5 rings (SSSR count). The summed E-state index contributed by atoms with van der Waals surface area (Å²) in [4.78, 5) is 17.1. The standard InChI is InChI=1S/C24H25N5O3/c1-31-17-6-8-19(9-7-17)32-18-4-2-16(3-5-18)21-22(23(25)30)29-24(28-21)20(14-27-29)15-10-12-26-13-11-15/h2-9,14-15,26-27H,10-13H2,1H3,(H2,25,30). The van der Waals surface area contributed by atoms with Gasteiger partial charge in [0.1, 0.15) is 22.9 Å². The summed E-state index contributed by atoms with van der Waals surface area (Å²) in [6, 6.07) is 14.9. The number of benzene rings is 2. The largest absolute Gasteiger partial charge is 0.497 e. The van der Waals surface area contributed by atoms with Gasteiger partial charge < -0.3 is 20.5 Å². The van der Waals surface area contributed by atoms with Crippen molar-refractivity contribution in [3.8, 4) is 28.5 Å². The van der Waals surface area contributed by atoms with Crippen molar-refractivity contribution < 1.29 is 14.3 Å². The lowest BCUT2D eigenvalue weighted by Gasteiger charge is -2.21. The number of nitrogens with zero attached hydrogens (tertiary/aromatic N) is 2. The van der Waals surface area contributed by atoms with Crippen molar-refractivity contribution in [2.45, 2.75) is 18.8 Å². The summed E-state index contributed by atoms with van der Waals surface area (Å²) in [6.07, 6.45) is 4.03. The van der Waals surface area contributed by atoms with E-state index in [0.717, 1.165) is 48.5 Å². The second-order valence-corrected chi connectivity index (χ2v) is 7.89. The SMILES string of the molecule is COc1ccc(Oc2ccc(-c3nc4c(C5CCNCC5)c[nH]n4c3C(N)=O)cc2)cc1. The first-order chi connectivity index (χ1) is 15.6. The number of imidazole rings is 1. The van der Waals surface area contributed by atoms with Crippen LogP contribution in [-0.2, 0) is 0 Å². The predicted molar refractivity (Wildman–Crippen MR) is 121 cm³/mol. The zero-order valence-electron chi connectivity index (χ0n) is 17.8. The fourth-order valence-corrected chi connectivity index (χ4v) is 4.26. The van der Waals surface area contributed by atoms with Crippen LogP contribution in [0.2, 0.25) is 0 Å². The number of primary amides is 1. The van der Waals surface area contributed by atoms with Gasteiger partial charge in [-0.25, -0.2) is 9.50 Å². The number of hydrogen-bond donors (Lipinski definition) is 3. The van der Waals surface area contributed by atoms with Crippen LogP contribution in [0, 0.1) is 0 Å². The molecule has 4 N–H and O–H groups in total. The van der Waals surface area contributed by atoms with Gasteiger partial charge in [-0.3, -0.25) is 9.89 Å². The Hall–Kier alpha value is -3.78. The number of ether oxygens (including phenoxy) is 2. The van der Waals surface area contributed by atoms with Crippen molar-refractivity contribution in [1.82, 2.24) is 19.9 Å². The molecule has 1 fully saturated rings. The van der Waals surface area contributed by atoms with Crippen molar-refractivity contribution in [3.63, 3.8) is 0 Å². The number of carbonyl (C=O) groups excluding carboxylic acids is 1. The van der Waals surface area contributed by atoms with E-state index in [2.05, 4.69) is 10.4 Å². The second-order valence-electron chi connectivity index (χ2n) is 7.89. The van der Waals surface area contributed by atoms with E-state index in [1.807, 2.05) is 54.7 Å². The van der Waals surface area contributed by atoms with Crippen LogP contribution in [-0.4, -0.2) is 40.7 Å². The molecule has 2 aromatic heterocycles. The smallest absolute Gasteiger partial charge is 0.269 e. The number of fused-ring (bicyclic) bond motifs is 1. The molecule has 1 aliphatic rings. The lowest BCUT2D eigenvalue weighted by molar-refractivity contribution is 0.0994. The predicted octanol–water partition coefficient (Wildman–Crippen LogP) is 3.70. The number of rotatable bonds is 6. The maximum absolute atomic E-state index is 12.3. The Balaban J connectivity index is 1.46. The Morgan fingerprint density at radius 1 is 1.03 bits per heavy atom. The summed E-state index contributed by atoms with van der Waals surface area (Å²) in [6.45, 7) is 1.96. The van der Waals surface area contributed by atoms with E-state index in [4.69, 9.17) is 20.2 Å². The lowest BCUT2D eigenvalue weighted by Crippen LogP contribution is -2.26. The summed E-state index contributed by atoms with van der Waals surface area (Å²) in [7, 11) is 1.63. The van der Waals surface area contributed by atoms with Crippen LogP contribution >= 0.6 is 0 Å². The van der Waals surface area contributed by atoms with Crippen LogP contribution in [0.25, 0.3) is 16.9 Å². The van der Waals surface area contributed by atoms with Gasteiger partial charge in [-0.1, -0.05) is 0 Å². The molecule has 32 heavy (non-hydrogen) atoms. The number of amides is 1. The molecule has 0 atom stereocenters. The molecule has 2 aromatic carbocycles. The van der Waals surface area contributed by atoms with E-state index >= 15 is 0 Å². The first-order valence-electron chi connectivity index (χ1n) is 10.7. The zero-order chi connectivity index (χ0) is 22.1. The highest BCUT2D eigenvalue weighted by atomic mass is 16.5. The molecule has 0 unspecified atom stereocenters. The number of piperidine rings is 1. The molecule has 0 radical (unpaired) electrons. The molecule has 0 spiro atoms. The van der Waals surface area contributed by atoms with Gasteiger partial charge in [0.25, 0.3) is 5.91 Å². The summed E-state index contributed by atoms with van der Waals surface area (Å²) < 4.78 is 12.8. The van der Waals surface area contributed by atoms with Crippen molar-refractivity contribution >= 4 is 11.6 Å². The van der Waals surface area contributed by atoms with Crippen LogP contribution in [0.5, 0.6) is 17.2 Å². The maximum atomic E-state index is 12.3. The van der Waals surface area contributed by atoms with E-state index in [1.165, 1.54) is 0 Å². The molecule has 0 saturated carbocycles. The summed E-state index contributed by atoms with van der Waals surface area (Å²) in [5, 5.41) is 6.56. The molecule has 8 nitrogen and oxygen atoms in total. The number of nitrogens with one attached hydrogen (secondary N) is 2. The molecule has 3 heterocycles. The molecule has 1 aliphatic heterocycles. The number of carbonyl (C=O) groups is 1. The number of aromatic nitrogens is 3. The molecule has 164 valence electrons. The number of H-pyrrole nitrogens is 1. The Morgan fingerprint density at radius 3 is 2.28 bits per heavy atom.